The molecule has 0 saturated heterocycles. The van der Waals surface area contributed by atoms with E-state index in [0.717, 1.165) is 27.7 Å². The minimum Gasteiger partial charge on any atom is -0.358 e. The Morgan fingerprint density at radius 3 is 2.53 bits per heavy atom. The molecule has 0 aliphatic heterocycles. The first-order valence-electron chi connectivity index (χ1n) is 11.2. The van der Waals surface area contributed by atoms with E-state index in [2.05, 4.69) is 44.3 Å². The van der Waals surface area contributed by atoms with Gasteiger partial charge in [0.2, 0.25) is 11.0 Å². The highest BCUT2D eigenvalue weighted by Gasteiger charge is 2.25. The number of carbonyl (C=O) groups excluding carboxylic acids is 2. The number of amides is 2. The van der Waals surface area contributed by atoms with Crippen LogP contribution in [0.2, 0.25) is 0 Å². The molecule has 7 nitrogen and oxygen atoms in total. The number of rotatable bonds is 6. The molecule has 0 atom stereocenters. The molecule has 4 rings (SSSR count). The van der Waals surface area contributed by atoms with Crippen molar-refractivity contribution >= 4 is 34.1 Å². The number of nitrogens with one attached hydrogen (secondary N) is 1. The molecule has 4 aromatic rings. The highest BCUT2D eigenvalue weighted by atomic mass is 32.1. The predicted molar refractivity (Wildman–Crippen MR) is 137 cm³/mol. The van der Waals surface area contributed by atoms with Crippen molar-refractivity contribution in [3.63, 3.8) is 0 Å². The third-order valence-corrected chi connectivity index (χ3v) is 7.01. The number of hydrogen-bond donors (Lipinski definition) is 1. The maximum absolute atomic E-state index is 13.3. The normalized spacial score (nSPS) is 11.3. The number of likely N-dealkylation sites (N-methyl/N-ethyl adjacent to an activating group) is 2. The van der Waals surface area contributed by atoms with Gasteiger partial charge in [-0.1, -0.05) is 60.6 Å². The third-order valence-electron chi connectivity index (χ3n) is 5.68. The summed E-state index contributed by atoms with van der Waals surface area (Å²) >= 11 is 1.59. The molecular weight excluding hydrogens is 446 g/mol. The van der Waals surface area contributed by atoms with Gasteiger partial charge in [-0.15, -0.1) is 0 Å². The lowest BCUT2D eigenvalue weighted by molar-refractivity contribution is -0.121. The van der Waals surface area contributed by atoms with Crippen LogP contribution in [-0.2, 0) is 4.79 Å². The number of aromatic nitrogens is 3. The van der Waals surface area contributed by atoms with E-state index in [0.29, 0.717) is 10.8 Å². The van der Waals surface area contributed by atoms with Crippen molar-refractivity contribution in [3.8, 4) is 16.4 Å². The van der Waals surface area contributed by atoms with Crippen molar-refractivity contribution < 1.29 is 9.59 Å². The fraction of sp³-hybridized carbons (Fsp3) is 0.308. The number of fused-ring (bicyclic) bond motifs is 1. The lowest BCUT2D eigenvalue weighted by atomic mass is 10.0. The molecular formula is C26H29N5O2S. The molecule has 2 heterocycles. The standard InChI is InChI=1S/C26H29N5O2S/c1-15(2)24-22(18-9-7-8-16(3)12-18)28-26(34-24)31-20-11-10-17(4)13-19(20)23(29-31)25(33)30(6)14-21(32)27-5/h7-13,15H,14H2,1-6H3,(H,27,32). The van der Waals surface area contributed by atoms with Gasteiger partial charge in [0, 0.05) is 29.9 Å². The van der Waals surface area contributed by atoms with E-state index in [1.165, 1.54) is 15.3 Å². The van der Waals surface area contributed by atoms with Crippen molar-refractivity contribution in [2.24, 2.45) is 0 Å². The van der Waals surface area contributed by atoms with Gasteiger partial charge < -0.3 is 10.2 Å². The summed E-state index contributed by atoms with van der Waals surface area (Å²) in [5.41, 5.74) is 5.33. The predicted octanol–water partition coefficient (Wildman–Crippen LogP) is 4.71. The topological polar surface area (TPSA) is 80.1 Å². The summed E-state index contributed by atoms with van der Waals surface area (Å²) in [7, 11) is 3.16. The van der Waals surface area contributed by atoms with Crippen molar-refractivity contribution in [3.05, 3.63) is 64.2 Å². The lowest BCUT2D eigenvalue weighted by Crippen LogP contribution is -2.37. The second-order valence-corrected chi connectivity index (χ2v) is 9.86. The number of hydrogen-bond acceptors (Lipinski definition) is 5. The maximum Gasteiger partial charge on any atom is 0.275 e. The molecule has 0 fully saturated rings. The fourth-order valence-corrected chi connectivity index (χ4v) is 4.94. The maximum atomic E-state index is 13.3. The van der Waals surface area contributed by atoms with Crippen LogP contribution in [0, 0.1) is 13.8 Å². The number of carbonyl (C=O) groups is 2. The van der Waals surface area contributed by atoms with Crippen molar-refractivity contribution in [2.45, 2.75) is 33.6 Å². The van der Waals surface area contributed by atoms with Gasteiger partial charge in [-0.2, -0.15) is 5.10 Å². The first-order valence-corrected chi connectivity index (χ1v) is 12.0. The molecule has 0 bridgehead atoms. The number of benzene rings is 2. The summed E-state index contributed by atoms with van der Waals surface area (Å²) in [4.78, 5) is 32.6. The Morgan fingerprint density at radius 1 is 1.12 bits per heavy atom. The van der Waals surface area contributed by atoms with Crippen LogP contribution in [0.15, 0.2) is 42.5 Å². The SMILES string of the molecule is CNC(=O)CN(C)C(=O)c1nn(-c2nc(-c3cccc(C)c3)c(C(C)C)s2)c2ccc(C)cc12. The zero-order valence-electron chi connectivity index (χ0n) is 20.3. The Morgan fingerprint density at radius 2 is 1.85 bits per heavy atom. The van der Waals surface area contributed by atoms with Gasteiger partial charge in [-0.3, -0.25) is 9.59 Å². The third kappa shape index (κ3) is 4.46. The molecule has 0 spiro atoms. The quantitative estimate of drug-likeness (QED) is 0.438. The summed E-state index contributed by atoms with van der Waals surface area (Å²) in [6, 6.07) is 14.2. The molecule has 0 aliphatic carbocycles. The largest absolute Gasteiger partial charge is 0.358 e. The van der Waals surface area contributed by atoms with Gasteiger partial charge >= 0.3 is 0 Å². The summed E-state index contributed by atoms with van der Waals surface area (Å²) < 4.78 is 1.76. The van der Waals surface area contributed by atoms with Crippen molar-refractivity contribution in [1.29, 1.82) is 0 Å². The summed E-state index contributed by atoms with van der Waals surface area (Å²) in [5, 5.41) is 8.73. The van der Waals surface area contributed by atoms with E-state index >= 15 is 0 Å². The Bertz CT molecular complexity index is 1390. The summed E-state index contributed by atoms with van der Waals surface area (Å²) in [5.74, 6) is -0.261. The molecule has 0 radical (unpaired) electrons. The Balaban J connectivity index is 1.87. The highest BCUT2D eigenvalue weighted by molar-refractivity contribution is 7.14. The number of aryl methyl sites for hydroxylation is 2. The van der Waals surface area contributed by atoms with E-state index in [9.17, 15) is 9.59 Å². The highest BCUT2D eigenvalue weighted by Crippen LogP contribution is 2.37. The van der Waals surface area contributed by atoms with Crippen LogP contribution >= 0.6 is 11.3 Å². The van der Waals surface area contributed by atoms with Gasteiger partial charge in [0.1, 0.15) is 0 Å². The number of nitrogens with zero attached hydrogens (tertiary/aromatic N) is 4. The van der Waals surface area contributed by atoms with Crippen LogP contribution in [0.4, 0.5) is 0 Å². The molecule has 1 N–H and O–H groups in total. The first-order chi connectivity index (χ1) is 16.2. The van der Waals surface area contributed by atoms with Gasteiger partial charge in [0.25, 0.3) is 5.91 Å². The van der Waals surface area contributed by atoms with E-state index in [1.807, 2.05) is 31.2 Å². The lowest BCUT2D eigenvalue weighted by Gasteiger charge is -2.14. The van der Waals surface area contributed by atoms with E-state index in [4.69, 9.17) is 10.1 Å². The van der Waals surface area contributed by atoms with Gasteiger partial charge in [-0.05, 0) is 38.0 Å². The van der Waals surface area contributed by atoms with E-state index in [-0.39, 0.29) is 24.3 Å². The van der Waals surface area contributed by atoms with E-state index < -0.39 is 0 Å². The molecule has 176 valence electrons. The number of thiazole rings is 1. The van der Waals surface area contributed by atoms with Gasteiger partial charge in [0.05, 0.1) is 17.8 Å². The van der Waals surface area contributed by atoms with Crippen LogP contribution in [0.1, 0.15) is 46.3 Å². The Kier molecular flexibility index (Phi) is 6.52. The summed E-state index contributed by atoms with van der Waals surface area (Å²) in [6.07, 6.45) is 0. The average molecular weight is 476 g/mol. The van der Waals surface area contributed by atoms with Crippen LogP contribution in [0.25, 0.3) is 27.3 Å². The molecule has 8 heteroatoms. The Labute approximate surface area is 203 Å². The Hall–Kier alpha value is -3.52. The van der Waals surface area contributed by atoms with Crippen molar-refractivity contribution in [2.75, 3.05) is 20.6 Å². The molecule has 0 aliphatic rings. The van der Waals surface area contributed by atoms with Crippen molar-refractivity contribution in [1.82, 2.24) is 25.0 Å². The zero-order valence-corrected chi connectivity index (χ0v) is 21.2. The van der Waals surface area contributed by atoms with Crippen LogP contribution in [0.3, 0.4) is 0 Å². The zero-order chi connectivity index (χ0) is 24.6. The first kappa shape index (κ1) is 23.6. The minimum absolute atomic E-state index is 0.0399. The van der Waals surface area contributed by atoms with E-state index in [1.54, 1.807) is 30.1 Å². The minimum atomic E-state index is -0.308. The smallest absolute Gasteiger partial charge is 0.275 e. The second-order valence-electron chi connectivity index (χ2n) is 8.85. The van der Waals surface area contributed by atoms with Crippen LogP contribution in [0.5, 0.6) is 0 Å². The monoisotopic (exact) mass is 475 g/mol. The van der Waals surface area contributed by atoms with Gasteiger partial charge in [0.15, 0.2) is 5.69 Å². The molecule has 2 aromatic heterocycles. The second kappa shape index (κ2) is 9.38. The average Bonchev–Trinajstić information content (AvgIpc) is 3.40. The molecule has 2 aromatic carbocycles. The molecule has 0 saturated carbocycles. The fourth-order valence-electron chi connectivity index (χ4n) is 3.88. The van der Waals surface area contributed by atoms with Crippen LogP contribution < -0.4 is 5.32 Å². The molecule has 2 amide bonds. The van der Waals surface area contributed by atoms with Crippen LogP contribution in [-0.4, -0.2) is 52.1 Å². The summed E-state index contributed by atoms with van der Waals surface area (Å²) in [6.45, 7) is 8.33. The molecule has 0 unspecified atom stereocenters. The van der Waals surface area contributed by atoms with Gasteiger partial charge in [-0.25, -0.2) is 9.67 Å². The molecule has 34 heavy (non-hydrogen) atoms.